The maximum atomic E-state index is 5.48. The molecule has 2 atom stereocenters. The highest BCUT2D eigenvalue weighted by molar-refractivity contribution is 5.39. The number of aryl methyl sites for hydroxylation is 1. The normalized spacial score (nSPS) is 26.7. The summed E-state index contributed by atoms with van der Waals surface area (Å²) in [5.41, 5.74) is 1.09. The van der Waals surface area contributed by atoms with Crippen LogP contribution in [0.3, 0.4) is 0 Å². The molecular formula is C10H17N3O. The number of hydrogen-bond donors (Lipinski definition) is 1. The summed E-state index contributed by atoms with van der Waals surface area (Å²) in [5, 5.41) is 7.65. The first-order valence-electron chi connectivity index (χ1n) is 5.20. The van der Waals surface area contributed by atoms with Gasteiger partial charge in [0.15, 0.2) is 0 Å². The summed E-state index contributed by atoms with van der Waals surface area (Å²) in [5.74, 6) is 0. The highest BCUT2D eigenvalue weighted by atomic mass is 16.5. The molecule has 2 heterocycles. The second-order valence-electron chi connectivity index (χ2n) is 3.70. The molecule has 1 aliphatic rings. The van der Waals surface area contributed by atoms with Crippen molar-refractivity contribution in [3.05, 3.63) is 12.4 Å². The van der Waals surface area contributed by atoms with Crippen molar-refractivity contribution < 1.29 is 4.74 Å². The average Bonchev–Trinajstić information content (AvgIpc) is 2.77. The Morgan fingerprint density at radius 3 is 3.14 bits per heavy atom. The number of aromatic nitrogens is 2. The van der Waals surface area contributed by atoms with Gasteiger partial charge in [-0.3, -0.25) is 4.68 Å². The van der Waals surface area contributed by atoms with Crippen LogP contribution >= 0.6 is 0 Å². The Bertz CT molecular complexity index is 297. The van der Waals surface area contributed by atoms with E-state index >= 15 is 0 Å². The smallest absolute Gasteiger partial charge is 0.0748 e. The van der Waals surface area contributed by atoms with E-state index in [2.05, 4.69) is 24.3 Å². The van der Waals surface area contributed by atoms with Crippen molar-refractivity contribution in [3.8, 4) is 0 Å². The molecule has 0 amide bonds. The zero-order valence-electron chi connectivity index (χ0n) is 8.73. The molecule has 0 radical (unpaired) electrons. The van der Waals surface area contributed by atoms with E-state index in [1.54, 1.807) is 0 Å². The van der Waals surface area contributed by atoms with Crippen LogP contribution in [0.15, 0.2) is 12.4 Å². The molecule has 4 heteroatoms. The summed E-state index contributed by atoms with van der Waals surface area (Å²) in [6.45, 7) is 5.96. The predicted molar refractivity (Wildman–Crippen MR) is 55.3 cm³/mol. The molecule has 2 unspecified atom stereocenters. The summed E-state index contributed by atoms with van der Waals surface area (Å²) in [7, 11) is 0. The van der Waals surface area contributed by atoms with E-state index < -0.39 is 0 Å². The van der Waals surface area contributed by atoms with E-state index in [1.807, 2.05) is 17.1 Å². The van der Waals surface area contributed by atoms with E-state index in [9.17, 15) is 0 Å². The van der Waals surface area contributed by atoms with Crippen molar-refractivity contribution in [1.82, 2.24) is 9.78 Å². The van der Waals surface area contributed by atoms with Gasteiger partial charge in [0.2, 0.25) is 0 Å². The zero-order chi connectivity index (χ0) is 9.97. The molecule has 78 valence electrons. The number of nitrogens with zero attached hydrogens (tertiary/aromatic N) is 2. The molecule has 4 nitrogen and oxygen atoms in total. The molecule has 0 aromatic carbocycles. The third kappa shape index (κ3) is 1.90. The van der Waals surface area contributed by atoms with Crippen LogP contribution in [0.25, 0.3) is 0 Å². The number of ether oxygens (including phenoxy) is 1. The first-order chi connectivity index (χ1) is 6.79. The van der Waals surface area contributed by atoms with Gasteiger partial charge < -0.3 is 10.1 Å². The van der Waals surface area contributed by atoms with Gasteiger partial charge in [-0.25, -0.2) is 0 Å². The molecule has 0 saturated carbocycles. The van der Waals surface area contributed by atoms with Crippen molar-refractivity contribution in [2.24, 2.45) is 0 Å². The summed E-state index contributed by atoms with van der Waals surface area (Å²) in [4.78, 5) is 0. The van der Waals surface area contributed by atoms with Crippen molar-refractivity contribution in [3.63, 3.8) is 0 Å². The Kier molecular flexibility index (Phi) is 2.72. The van der Waals surface area contributed by atoms with Crippen LogP contribution in [0.4, 0.5) is 5.69 Å². The first kappa shape index (κ1) is 9.52. The van der Waals surface area contributed by atoms with Gasteiger partial charge >= 0.3 is 0 Å². The zero-order valence-corrected chi connectivity index (χ0v) is 8.73. The second-order valence-corrected chi connectivity index (χ2v) is 3.70. The van der Waals surface area contributed by atoms with Crippen molar-refractivity contribution in [2.45, 2.75) is 39.0 Å². The highest BCUT2D eigenvalue weighted by Gasteiger charge is 2.23. The summed E-state index contributed by atoms with van der Waals surface area (Å²) < 4.78 is 7.40. The molecule has 1 saturated heterocycles. The molecule has 14 heavy (non-hydrogen) atoms. The second kappa shape index (κ2) is 4.00. The molecule has 0 aliphatic carbocycles. The predicted octanol–water partition coefficient (Wildman–Crippen LogP) is 1.49. The molecule has 1 aromatic heterocycles. The monoisotopic (exact) mass is 195 g/mol. The van der Waals surface area contributed by atoms with Gasteiger partial charge in [-0.2, -0.15) is 5.10 Å². The van der Waals surface area contributed by atoms with Gasteiger partial charge in [-0.15, -0.1) is 0 Å². The Hall–Kier alpha value is -1.03. The fourth-order valence-corrected chi connectivity index (χ4v) is 1.75. The third-order valence-electron chi connectivity index (χ3n) is 2.69. The van der Waals surface area contributed by atoms with Crippen LogP contribution < -0.4 is 5.32 Å². The summed E-state index contributed by atoms with van der Waals surface area (Å²) in [6.07, 6.45) is 5.29. The molecule has 1 fully saturated rings. The van der Waals surface area contributed by atoms with Crippen molar-refractivity contribution in [1.29, 1.82) is 0 Å². The molecule has 1 aliphatic heterocycles. The number of hydrogen-bond acceptors (Lipinski definition) is 3. The largest absolute Gasteiger partial charge is 0.377 e. The minimum atomic E-state index is 0.306. The molecule has 0 bridgehead atoms. The molecule has 2 rings (SSSR count). The van der Waals surface area contributed by atoms with E-state index in [4.69, 9.17) is 4.74 Å². The van der Waals surface area contributed by atoms with Gasteiger partial charge in [0, 0.05) is 19.3 Å². The molecular weight excluding hydrogens is 178 g/mol. The topological polar surface area (TPSA) is 39.1 Å². The summed E-state index contributed by atoms with van der Waals surface area (Å²) >= 11 is 0. The van der Waals surface area contributed by atoms with Crippen LogP contribution in [-0.2, 0) is 11.3 Å². The Balaban J connectivity index is 1.96. The molecule has 1 aromatic rings. The number of nitrogens with one attached hydrogen (secondary N) is 1. The van der Waals surface area contributed by atoms with Crippen LogP contribution in [0, 0.1) is 0 Å². The lowest BCUT2D eigenvalue weighted by atomic mass is 10.1. The van der Waals surface area contributed by atoms with Gasteiger partial charge in [0.1, 0.15) is 0 Å². The highest BCUT2D eigenvalue weighted by Crippen LogP contribution is 2.18. The van der Waals surface area contributed by atoms with E-state index in [1.165, 1.54) is 0 Å². The van der Waals surface area contributed by atoms with Crippen molar-refractivity contribution in [2.75, 3.05) is 11.9 Å². The van der Waals surface area contributed by atoms with E-state index in [-0.39, 0.29) is 0 Å². The number of anilines is 1. The van der Waals surface area contributed by atoms with Crippen LogP contribution in [0.1, 0.15) is 20.3 Å². The quantitative estimate of drug-likeness (QED) is 0.794. The standard InChI is InChI=1S/C10H17N3O/c1-3-13-7-9(6-11-13)12-10-4-5-14-8(10)2/h6-8,10,12H,3-5H2,1-2H3. The first-order valence-corrected chi connectivity index (χ1v) is 5.20. The average molecular weight is 195 g/mol. The van der Waals surface area contributed by atoms with Crippen LogP contribution in [-0.4, -0.2) is 28.5 Å². The maximum absolute atomic E-state index is 5.48. The van der Waals surface area contributed by atoms with Gasteiger partial charge in [0.05, 0.1) is 24.0 Å². The molecule has 0 spiro atoms. The van der Waals surface area contributed by atoms with Gasteiger partial charge in [-0.1, -0.05) is 0 Å². The maximum Gasteiger partial charge on any atom is 0.0748 e. The SMILES string of the molecule is CCn1cc(NC2CCOC2C)cn1. The van der Waals surface area contributed by atoms with Gasteiger partial charge in [0.25, 0.3) is 0 Å². The summed E-state index contributed by atoms with van der Waals surface area (Å²) in [6, 6.07) is 0.435. The lowest BCUT2D eigenvalue weighted by Gasteiger charge is -2.15. The fraction of sp³-hybridized carbons (Fsp3) is 0.700. The third-order valence-corrected chi connectivity index (χ3v) is 2.69. The van der Waals surface area contributed by atoms with E-state index in [0.717, 1.165) is 25.3 Å². The Morgan fingerprint density at radius 2 is 2.57 bits per heavy atom. The lowest BCUT2D eigenvalue weighted by Crippen LogP contribution is -2.26. The van der Waals surface area contributed by atoms with Crippen LogP contribution in [0.5, 0.6) is 0 Å². The molecule has 1 N–H and O–H groups in total. The lowest BCUT2D eigenvalue weighted by molar-refractivity contribution is 0.121. The van der Waals surface area contributed by atoms with E-state index in [0.29, 0.717) is 12.1 Å². The number of rotatable bonds is 3. The Morgan fingerprint density at radius 1 is 1.71 bits per heavy atom. The van der Waals surface area contributed by atoms with Crippen molar-refractivity contribution >= 4 is 5.69 Å². The fourth-order valence-electron chi connectivity index (χ4n) is 1.75. The van der Waals surface area contributed by atoms with Crippen LogP contribution in [0.2, 0.25) is 0 Å². The minimum Gasteiger partial charge on any atom is -0.377 e. The Labute approximate surface area is 84.3 Å². The minimum absolute atomic E-state index is 0.306. The van der Waals surface area contributed by atoms with Gasteiger partial charge in [-0.05, 0) is 20.3 Å².